The number of fused-ring (bicyclic) bond motifs is 3. The molecule has 0 unspecified atom stereocenters. The summed E-state index contributed by atoms with van der Waals surface area (Å²) in [6, 6.07) is 0. The predicted molar refractivity (Wildman–Crippen MR) is 81.8 cm³/mol. The van der Waals surface area contributed by atoms with Gasteiger partial charge < -0.3 is 23.7 Å². The molecule has 0 aromatic heterocycles. The second-order valence-electron chi connectivity index (χ2n) is 7.56. The number of nitrogens with zero attached hydrogens (tertiary/aromatic N) is 2. The summed E-state index contributed by atoms with van der Waals surface area (Å²) in [5, 5.41) is 6.63. The van der Waals surface area contributed by atoms with Crippen molar-refractivity contribution in [3.8, 4) is 0 Å². The Balaban J connectivity index is 1.55. The van der Waals surface area contributed by atoms with E-state index in [2.05, 4.69) is 10.1 Å². The number of rotatable bonds is 2. The third-order valence-corrected chi connectivity index (χ3v) is 4.65. The average Bonchev–Trinajstić information content (AvgIpc) is 3.11. The first-order chi connectivity index (χ1) is 10.8. The molecule has 4 rings (SSSR count). The van der Waals surface area contributed by atoms with E-state index in [1.54, 1.807) is 0 Å². The molecule has 4 saturated heterocycles. The van der Waals surface area contributed by atoms with Crippen LogP contribution in [0.5, 0.6) is 0 Å². The van der Waals surface area contributed by atoms with Gasteiger partial charge in [0.15, 0.2) is 17.9 Å². The molecule has 0 spiro atoms. The molecule has 5 atom stereocenters. The Morgan fingerprint density at radius 3 is 2.22 bits per heavy atom. The van der Waals surface area contributed by atoms with E-state index < -0.39 is 17.9 Å². The van der Waals surface area contributed by atoms with Gasteiger partial charge in [-0.15, -0.1) is 0 Å². The first kappa shape index (κ1) is 15.8. The Kier molecular flexibility index (Phi) is 3.70. The van der Waals surface area contributed by atoms with Crippen molar-refractivity contribution in [1.29, 1.82) is 0 Å². The zero-order chi connectivity index (χ0) is 16.2. The van der Waals surface area contributed by atoms with Gasteiger partial charge in [0.2, 0.25) is 0 Å². The number of ether oxygens (including phenoxy) is 5. The zero-order valence-electron chi connectivity index (χ0n) is 14.2. The fourth-order valence-corrected chi connectivity index (χ4v) is 3.74. The Morgan fingerprint density at radius 1 is 0.870 bits per heavy atom. The summed E-state index contributed by atoms with van der Waals surface area (Å²) in [6.45, 7) is 9.60. The lowest BCUT2D eigenvalue weighted by Crippen LogP contribution is -2.55. The minimum absolute atomic E-state index is 0.222. The molecule has 0 bridgehead atoms. The van der Waals surface area contributed by atoms with Crippen LogP contribution in [0.4, 0.5) is 0 Å². The SMILES string of the molecule is CC1(C)O[C@H]2[C@@H](O1)[C@@H](/C=N/N1CCCC1)O[C@@H]1OC(C)(C)O[C@@H]12. The molecule has 0 N–H and O–H groups in total. The van der Waals surface area contributed by atoms with Gasteiger partial charge in [-0.25, -0.2) is 0 Å². The van der Waals surface area contributed by atoms with Crippen LogP contribution < -0.4 is 0 Å². The van der Waals surface area contributed by atoms with Crippen molar-refractivity contribution in [2.75, 3.05) is 13.1 Å². The van der Waals surface area contributed by atoms with Gasteiger partial charge in [0.05, 0.1) is 6.21 Å². The minimum Gasteiger partial charge on any atom is -0.342 e. The molecular formula is C16H26N2O5. The van der Waals surface area contributed by atoms with Gasteiger partial charge in [-0.2, -0.15) is 5.10 Å². The van der Waals surface area contributed by atoms with Gasteiger partial charge in [0, 0.05) is 13.1 Å². The van der Waals surface area contributed by atoms with Crippen LogP contribution in [0.2, 0.25) is 0 Å². The molecule has 130 valence electrons. The number of hydrogen-bond donors (Lipinski definition) is 0. The highest BCUT2D eigenvalue weighted by atomic mass is 16.9. The number of hydrazone groups is 1. The van der Waals surface area contributed by atoms with E-state index >= 15 is 0 Å². The summed E-state index contributed by atoms with van der Waals surface area (Å²) in [5.41, 5.74) is 0. The molecule has 0 amide bonds. The van der Waals surface area contributed by atoms with Crippen LogP contribution in [0, 0.1) is 0 Å². The summed E-state index contributed by atoms with van der Waals surface area (Å²) in [7, 11) is 0. The van der Waals surface area contributed by atoms with E-state index in [0.29, 0.717) is 0 Å². The normalized spacial score (nSPS) is 44.7. The maximum atomic E-state index is 6.08. The first-order valence-electron chi connectivity index (χ1n) is 8.49. The highest BCUT2D eigenvalue weighted by Crippen LogP contribution is 2.43. The smallest absolute Gasteiger partial charge is 0.190 e. The summed E-state index contributed by atoms with van der Waals surface area (Å²) >= 11 is 0. The molecule has 4 heterocycles. The Hall–Kier alpha value is -0.730. The lowest BCUT2D eigenvalue weighted by Gasteiger charge is -2.35. The first-order valence-corrected chi connectivity index (χ1v) is 8.49. The van der Waals surface area contributed by atoms with Crippen LogP contribution >= 0.6 is 0 Å². The summed E-state index contributed by atoms with van der Waals surface area (Å²) in [4.78, 5) is 0. The molecule has 7 heteroatoms. The van der Waals surface area contributed by atoms with E-state index in [9.17, 15) is 0 Å². The van der Waals surface area contributed by atoms with Gasteiger partial charge in [0.1, 0.15) is 24.4 Å². The van der Waals surface area contributed by atoms with Gasteiger partial charge in [-0.1, -0.05) is 0 Å². The molecule has 4 aliphatic heterocycles. The van der Waals surface area contributed by atoms with Gasteiger partial charge in [-0.3, -0.25) is 5.01 Å². The fourth-order valence-electron chi connectivity index (χ4n) is 3.74. The quantitative estimate of drug-likeness (QED) is 0.716. The third-order valence-electron chi connectivity index (χ3n) is 4.65. The monoisotopic (exact) mass is 326 g/mol. The van der Waals surface area contributed by atoms with E-state index in [1.165, 1.54) is 12.8 Å². The van der Waals surface area contributed by atoms with Crippen molar-refractivity contribution in [2.24, 2.45) is 5.10 Å². The highest BCUT2D eigenvalue weighted by Gasteiger charge is 2.60. The standard InChI is InChI=1S/C16H26N2O5/c1-15(2)20-11-10(9-17-18-7-5-6-8-18)19-14-13(12(11)21-15)22-16(3,4)23-14/h9-14H,5-8H2,1-4H3/b17-9+/t10-,11+,12+,13-,14-/m1/s1. The fraction of sp³-hybridized carbons (Fsp3) is 0.938. The molecule has 7 nitrogen and oxygen atoms in total. The lowest BCUT2D eigenvalue weighted by atomic mass is 10.00. The van der Waals surface area contributed by atoms with Crippen LogP contribution in [0.1, 0.15) is 40.5 Å². The molecule has 0 aliphatic carbocycles. The van der Waals surface area contributed by atoms with E-state index in [-0.39, 0.29) is 24.4 Å². The maximum absolute atomic E-state index is 6.08. The second-order valence-corrected chi connectivity index (χ2v) is 7.56. The van der Waals surface area contributed by atoms with Gasteiger partial charge >= 0.3 is 0 Å². The summed E-state index contributed by atoms with van der Waals surface area (Å²) in [6.07, 6.45) is 2.71. The van der Waals surface area contributed by atoms with Crippen LogP contribution in [0.3, 0.4) is 0 Å². The van der Waals surface area contributed by atoms with Crippen molar-refractivity contribution in [1.82, 2.24) is 5.01 Å². The molecule has 4 fully saturated rings. The Labute approximate surface area is 136 Å². The molecule has 4 aliphatic rings. The minimum atomic E-state index is -0.684. The van der Waals surface area contributed by atoms with Crippen LogP contribution in [-0.4, -0.2) is 66.6 Å². The number of hydrogen-bond acceptors (Lipinski definition) is 7. The Morgan fingerprint density at radius 2 is 1.48 bits per heavy atom. The van der Waals surface area contributed by atoms with Crippen LogP contribution in [0.25, 0.3) is 0 Å². The molecule has 0 saturated carbocycles. The van der Waals surface area contributed by atoms with Crippen molar-refractivity contribution in [2.45, 2.75) is 82.8 Å². The summed E-state index contributed by atoms with van der Waals surface area (Å²) in [5.74, 6) is -1.35. The third kappa shape index (κ3) is 3.00. The lowest BCUT2D eigenvalue weighted by molar-refractivity contribution is -0.217. The molecule has 23 heavy (non-hydrogen) atoms. The molecular weight excluding hydrogens is 300 g/mol. The van der Waals surface area contributed by atoms with Gasteiger partial charge in [0.25, 0.3) is 0 Å². The van der Waals surface area contributed by atoms with E-state index in [1.807, 2.05) is 33.9 Å². The van der Waals surface area contributed by atoms with E-state index in [0.717, 1.165) is 13.1 Å². The second kappa shape index (κ2) is 5.39. The van der Waals surface area contributed by atoms with Crippen molar-refractivity contribution in [3.05, 3.63) is 0 Å². The molecule has 0 aromatic rings. The molecule has 0 radical (unpaired) electrons. The zero-order valence-corrected chi connectivity index (χ0v) is 14.2. The van der Waals surface area contributed by atoms with Crippen molar-refractivity contribution < 1.29 is 23.7 Å². The predicted octanol–water partition coefficient (Wildman–Crippen LogP) is 1.46. The highest BCUT2D eigenvalue weighted by molar-refractivity contribution is 5.64. The molecule has 0 aromatic carbocycles. The average molecular weight is 326 g/mol. The van der Waals surface area contributed by atoms with Gasteiger partial charge in [-0.05, 0) is 40.5 Å². The topological polar surface area (TPSA) is 61.8 Å². The summed E-state index contributed by atoms with van der Waals surface area (Å²) < 4.78 is 30.1. The van der Waals surface area contributed by atoms with Crippen LogP contribution in [0.15, 0.2) is 5.10 Å². The van der Waals surface area contributed by atoms with Crippen molar-refractivity contribution >= 4 is 6.21 Å². The van der Waals surface area contributed by atoms with Crippen LogP contribution in [-0.2, 0) is 23.7 Å². The van der Waals surface area contributed by atoms with E-state index in [4.69, 9.17) is 23.7 Å². The maximum Gasteiger partial charge on any atom is 0.190 e. The largest absolute Gasteiger partial charge is 0.342 e. The van der Waals surface area contributed by atoms with Crippen molar-refractivity contribution in [3.63, 3.8) is 0 Å². The Bertz CT molecular complexity index is 489.